The van der Waals surface area contributed by atoms with Crippen molar-refractivity contribution in [1.82, 2.24) is 10.6 Å². The van der Waals surface area contributed by atoms with E-state index in [1.165, 1.54) is 16.2 Å². The Balaban J connectivity index is 0.000000628. The van der Waals surface area contributed by atoms with Gasteiger partial charge in [-0.05, 0) is 84.6 Å². The molecule has 5 nitrogen and oxygen atoms in total. The molecule has 2 aliphatic rings. The van der Waals surface area contributed by atoms with Crippen LogP contribution in [0, 0.1) is 11.3 Å². The van der Waals surface area contributed by atoms with Crippen LogP contribution < -0.4 is 31.1 Å². The number of ether oxygens (including phenoxy) is 1. The molecule has 2 heterocycles. The average Bonchev–Trinajstić information content (AvgIpc) is 2.84. The van der Waals surface area contributed by atoms with Crippen molar-refractivity contribution in [3.05, 3.63) is 46.3 Å². The fourth-order valence-electron chi connectivity index (χ4n) is 3.76. The van der Waals surface area contributed by atoms with Gasteiger partial charge in [0.15, 0.2) is 0 Å². The Kier molecular flexibility index (Phi) is 8.69. The number of nitrogens with zero attached hydrogens (tertiary/aromatic N) is 1. The summed E-state index contributed by atoms with van der Waals surface area (Å²) in [4.78, 5) is 0. The molecule has 6 heteroatoms. The molecule has 4 rings (SSSR count). The van der Waals surface area contributed by atoms with E-state index in [2.05, 4.69) is 59.6 Å². The molecule has 3 N–H and O–H groups in total. The number of anilines is 1. The second-order valence-electron chi connectivity index (χ2n) is 7.59. The first-order valence-electron chi connectivity index (χ1n) is 10.8. The van der Waals surface area contributed by atoms with E-state index in [4.69, 9.17) is 4.74 Å². The number of thioether (sulfide) groups is 1. The van der Waals surface area contributed by atoms with Crippen LogP contribution in [-0.2, 0) is 0 Å². The second kappa shape index (κ2) is 11.7. The van der Waals surface area contributed by atoms with Crippen molar-refractivity contribution in [3.8, 4) is 22.9 Å². The molecule has 0 aromatic heterocycles. The molecule has 0 aliphatic carbocycles. The van der Waals surface area contributed by atoms with Gasteiger partial charge in [-0.15, -0.1) is 0 Å². The summed E-state index contributed by atoms with van der Waals surface area (Å²) in [5.74, 6) is 1.94. The summed E-state index contributed by atoms with van der Waals surface area (Å²) in [6.07, 6.45) is 8.63. The predicted octanol–water partition coefficient (Wildman–Crippen LogP) is 2.89. The fourth-order valence-corrected chi connectivity index (χ4v) is 3.76. The van der Waals surface area contributed by atoms with Gasteiger partial charge in [0, 0.05) is 29.7 Å². The van der Waals surface area contributed by atoms with Gasteiger partial charge in [-0.2, -0.15) is 17.0 Å². The average molecular weight is 437 g/mol. The number of rotatable bonds is 5. The molecule has 0 bridgehead atoms. The number of hydrogen-bond acceptors (Lipinski definition) is 6. The monoisotopic (exact) mass is 436 g/mol. The minimum absolute atomic E-state index is 0.473. The lowest BCUT2D eigenvalue weighted by molar-refractivity contribution is 0.415. The summed E-state index contributed by atoms with van der Waals surface area (Å²) >= 11 is 1.86. The summed E-state index contributed by atoms with van der Waals surface area (Å²) in [6, 6.07) is 12.8. The highest BCUT2D eigenvalue weighted by molar-refractivity contribution is 7.98. The van der Waals surface area contributed by atoms with Crippen molar-refractivity contribution in [1.29, 1.82) is 5.26 Å². The van der Waals surface area contributed by atoms with Crippen LogP contribution in [0.2, 0.25) is 0 Å². The van der Waals surface area contributed by atoms with E-state index in [-0.39, 0.29) is 0 Å². The zero-order valence-corrected chi connectivity index (χ0v) is 19.4. The maximum atomic E-state index is 9.35. The Morgan fingerprint density at radius 1 is 1.16 bits per heavy atom. The zero-order valence-electron chi connectivity index (χ0n) is 18.6. The molecule has 0 amide bonds. The van der Waals surface area contributed by atoms with E-state index in [1.54, 1.807) is 13.2 Å². The van der Waals surface area contributed by atoms with Crippen LogP contribution in [0.5, 0.6) is 5.75 Å². The van der Waals surface area contributed by atoms with Gasteiger partial charge in [0.05, 0.1) is 18.7 Å². The lowest BCUT2D eigenvalue weighted by atomic mass is 9.98. The maximum Gasteiger partial charge on any atom is 0.120 e. The second-order valence-corrected chi connectivity index (χ2v) is 8.75. The van der Waals surface area contributed by atoms with Crippen LogP contribution in [-0.4, -0.2) is 44.8 Å². The van der Waals surface area contributed by atoms with E-state index in [0.29, 0.717) is 17.4 Å². The molecule has 2 aromatic rings. The molecule has 2 aromatic carbocycles. The smallest absolute Gasteiger partial charge is 0.120 e. The molecule has 164 valence electrons. The largest absolute Gasteiger partial charge is 0.497 e. The molecule has 0 radical (unpaired) electrons. The Bertz CT molecular complexity index is 1040. The minimum Gasteiger partial charge on any atom is -0.497 e. The summed E-state index contributed by atoms with van der Waals surface area (Å²) < 4.78 is 5.39. The van der Waals surface area contributed by atoms with Crippen molar-refractivity contribution in [2.75, 3.05) is 44.1 Å². The molecule has 2 aliphatic heterocycles. The van der Waals surface area contributed by atoms with Crippen LogP contribution >= 0.6 is 11.8 Å². The number of methoxy groups -OCH3 is 1. The van der Waals surface area contributed by atoms with Crippen molar-refractivity contribution >= 4 is 29.7 Å². The number of benzene rings is 2. The van der Waals surface area contributed by atoms with Gasteiger partial charge in [-0.25, -0.2) is 0 Å². The normalized spacial score (nSPS) is 15.0. The topological polar surface area (TPSA) is 69.1 Å². The van der Waals surface area contributed by atoms with Crippen LogP contribution in [0.25, 0.3) is 23.4 Å². The summed E-state index contributed by atoms with van der Waals surface area (Å²) in [5.41, 5.74) is 3.83. The Morgan fingerprint density at radius 2 is 1.90 bits per heavy atom. The van der Waals surface area contributed by atoms with Gasteiger partial charge >= 0.3 is 0 Å². The molecule has 31 heavy (non-hydrogen) atoms. The first-order chi connectivity index (χ1) is 15.2. The number of hydrogen-bond donors (Lipinski definition) is 3. The van der Waals surface area contributed by atoms with Crippen LogP contribution in [0.4, 0.5) is 5.69 Å². The van der Waals surface area contributed by atoms with Crippen molar-refractivity contribution in [2.24, 2.45) is 0 Å². The Hall–Kier alpha value is -2.62. The summed E-state index contributed by atoms with van der Waals surface area (Å²) in [7, 11) is 1.63. The molecule has 1 fully saturated rings. The molecule has 0 saturated carbocycles. The Morgan fingerprint density at radius 3 is 2.58 bits per heavy atom. The predicted molar refractivity (Wildman–Crippen MR) is 133 cm³/mol. The number of nitriles is 1. The van der Waals surface area contributed by atoms with E-state index < -0.39 is 0 Å². The molecular formula is C25H32N4OS. The lowest BCUT2D eigenvalue weighted by Gasteiger charge is -2.25. The minimum atomic E-state index is 0.473. The quantitative estimate of drug-likeness (QED) is 0.670. The van der Waals surface area contributed by atoms with Gasteiger partial charge in [0.25, 0.3) is 0 Å². The third-order valence-corrected chi connectivity index (χ3v) is 6.07. The highest BCUT2D eigenvalue weighted by atomic mass is 32.2. The van der Waals surface area contributed by atoms with E-state index in [1.807, 2.05) is 23.9 Å². The molecule has 1 saturated heterocycles. The van der Waals surface area contributed by atoms with E-state index in [0.717, 1.165) is 49.3 Å². The van der Waals surface area contributed by atoms with Gasteiger partial charge in [0.2, 0.25) is 0 Å². The van der Waals surface area contributed by atoms with Crippen molar-refractivity contribution in [2.45, 2.75) is 25.8 Å². The zero-order chi connectivity index (χ0) is 22.1. The summed E-state index contributed by atoms with van der Waals surface area (Å²) in [6.45, 7) is 5.07. The standard InChI is InChI=1S/C22H24N4O.C3H8S/c1-27-20-9-15(13-23)8-17(11-20)18-10-16-2-5-25-14-21(16)22(12-18)26-19-3-6-24-7-4-19;1-3-4-2/h2,8-12,14,19,24-26H,3-7H2,1H3;3H2,1-2H3. The third kappa shape index (κ3) is 6.19. The van der Waals surface area contributed by atoms with Crippen LogP contribution in [0.15, 0.2) is 30.3 Å². The van der Waals surface area contributed by atoms with Crippen LogP contribution in [0.3, 0.4) is 0 Å². The van der Waals surface area contributed by atoms with Gasteiger partial charge in [-0.3, -0.25) is 0 Å². The molecular weight excluding hydrogens is 404 g/mol. The van der Waals surface area contributed by atoms with E-state index in [9.17, 15) is 5.26 Å². The van der Waals surface area contributed by atoms with Crippen molar-refractivity contribution < 1.29 is 4.74 Å². The van der Waals surface area contributed by atoms with Gasteiger partial charge in [0.1, 0.15) is 5.75 Å². The maximum absolute atomic E-state index is 9.35. The Labute approximate surface area is 189 Å². The van der Waals surface area contributed by atoms with Crippen LogP contribution in [0.1, 0.15) is 25.3 Å². The number of piperidine rings is 1. The van der Waals surface area contributed by atoms with Gasteiger partial charge in [-0.1, -0.05) is 13.0 Å². The SMILES string of the molecule is CCSC.COc1cc(C#N)cc(-c2cc(NC3CCNCC3)c3c(c2)=CCNC=3)c1. The lowest BCUT2D eigenvalue weighted by Crippen LogP contribution is -2.40. The fraction of sp³-hybridized carbons (Fsp3) is 0.400. The highest BCUT2D eigenvalue weighted by Gasteiger charge is 2.15. The van der Waals surface area contributed by atoms with E-state index >= 15 is 0 Å². The highest BCUT2D eigenvalue weighted by Crippen LogP contribution is 2.26. The first-order valence-corrected chi connectivity index (χ1v) is 12.2. The van der Waals surface area contributed by atoms with Crippen molar-refractivity contribution in [3.63, 3.8) is 0 Å². The summed E-state index contributed by atoms with van der Waals surface area (Å²) in [5, 5.41) is 22.2. The van der Waals surface area contributed by atoms with Gasteiger partial charge < -0.3 is 20.7 Å². The first kappa shape index (κ1) is 23.1. The molecule has 0 atom stereocenters. The molecule has 0 spiro atoms. The number of nitrogens with one attached hydrogen (secondary N) is 3. The number of fused-ring (bicyclic) bond motifs is 1. The molecule has 0 unspecified atom stereocenters. The third-order valence-electron chi connectivity index (χ3n) is 5.49.